The number of hydrogen-bond donors (Lipinski definition) is 2. The second kappa shape index (κ2) is 3.57. The first kappa shape index (κ1) is 9.73. The summed E-state index contributed by atoms with van der Waals surface area (Å²) >= 11 is 0. The molecule has 0 saturated carbocycles. The van der Waals surface area contributed by atoms with Crippen LogP contribution in [0.4, 0.5) is 0 Å². The van der Waals surface area contributed by atoms with E-state index in [0.29, 0.717) is 0 Å². The van der Waals surface area contributed by atoms with Crippen molar-refractivity contribution in [3.63, 3.8) is 0 Å². The predicted octanol–water partition coefficient (Wildman–Crippen LogP) is -0.781. The number of rotatable bonds is 2. The molecule has 2 atom stereocenters. The van der Waals surface area contributed by atoms with Gasteiger partial charge in [-0.1, -0.05) is 6.58 Å². The van der Waals surface area contributed by atoms with Crippen LogP contribution < -0.4 is 0 Å². The van der Waals surface area contributed by atoms with Gasteiger partial charge in [0.25, 0.3) is 0 Å². The van der Waals surface area contributed by atoms with Gasteiger partial charge in [0.15, 0.2) is 0 Å². The summed E-state index contributed by atoms with van der Waals surface area (Å²) in [5, 5.41) is 17.9. The van der Waals surface area contributed by atoms with Gasteiger partial charge in [0.1, 0.15) is 6.04 Å². The monoisotopic (exact) mass is 185 g/mol. The van der Waals surface area contributed by atoms with Crippen molar-refractivity contribution in [2.24, 2.45) is 0 Å². The number of likely N-dealkylation sites (tertiary alicyclic amines) is 1. The Bertz CT molecular complexity index is 251. The molecule has 1 fully saturated rings. The summed E-state index contributed by atoms with van der Waals surface area (Å²) in [4.78, 5) is 22.9. The van der Waals surface area contributed by atoms with Crippen LogP contribution in [0.25, 0.3) is 0 Å². The van der Waals surface area contributed by atoms with Crippen LogP contribution in [0.5, 0.6) is 0 Å². The zero-order chi connectivity index (χ0) is 10.0. The highest BCUT2D eigenvalue weighted by Crippen LogP contribution is 2.18. The molecule has 2 unspecified atom stereocenters. The van der Waals surface area contributed by atoms with Gasteiger partial charge in [0.2, 0.25) is 5.91 Å². The van der Waals surface area contributed by atoms with E-state index < -0.39 is 24.0 Å². The van der Waals surface area contributed by atoms with Crippen molar-refractivity contribution < 1.29 is 19.8 Å². The molecule has 1 rings (SSSR count). The lowest BCUT2D eigenvalue weighted by Gasteiger charge is -2.18. The van der Waals surface area contributed by atoms with Crippen LogP contribution in [0.2, 0.25) is 0 Å². The van der Waals surface area contributed by atoms with Crippen molar-refractivity contribution in [2.75, 3.05) is 6.54 Å². The van der Waals surface area contributed by atoms with E-state index >= 15 is 0 Å². The van der Waals surface area contributed by atoms with Crippen molar-refractivity contribution in [1.82, 2.24) is 4.90 Å². The van der Waals surface area contributed by atoms with Gasteiger partial charge in [-0.05, 0) is 6.08 Å². The first-order chi connectivity index (χ1) is 6.06. The molecule has 0 aromatic rings. The fraction of sp³-hybridized carbons (Fsp3) is 0.500. The summed E-state index contributed by atoms with van der Waals surface area (Å²) in [6.45, 7) is 3.33. The van der Waals surface area contributed by atoms with Crippen LogP contribution in [0.3, 0.4) is 0 Å². The highest BCUT2D eigenvalue weighted by molar-refractivity contribution is 5.91. The van der Waals surface area contributed by atoms with E-state index in [9.17, 15) is 14.7 Å². The predicted molar refractivity (Wildman–Crippen MR) is 44.0 cm³/mol. The molecule has 1 aliphatic heterocycles. The van der Waals surface area contributed by atoms with Crippen molar-refractivity contribution >= 4 is 11.9 Å². The molecular weight excluding hydrogens is 174 g/mol. The summed E-state index contributed by atoms with van der Waals surface area (Å²) < 4.78 is 0. The molecule has 0 spiro atoms. The van der Waals surface area contributed by atoms with Gasteiger partial charge in [-0.2, -0.15) is 0 Å². The number of hydrogen-bond acceptors (Lipinski definition) is 3. The van der Waals surface area contributed by atoms with Crippen molar-refractivity contribution in [2.45, 2.75) is 18.6 Å². The third kappa shape index (κ3) is 1.86. The quantitative estimate of drug-likeness (QED) is 0.553. The zero-order valence-electron chi connectivity index (χ0n) is 7.01. The van der Waals surface area contributed by atoms with E-state index in [1.54, 1.807) is 0 Å². The molecule has 0 aromatic heterocycles. The largest absolute Gasteiger partial charge is 0.480 e. The van der Waals surface area contributed by atoms with Gasteiger partial charge in [-0.3, -0.25) is 4.79 Å². The van der Waals surface area contributed by atoms with Crippen LogP contribution in [0.1, 0.15) is 6.42 Å². The Labute approximate surface area is 75.3 Å². The number of amides is 1. The summed E-state index contributed by atoms with van der Waals surface area (Å²) in [5.41, 5.74) is 0. The lowest BCUT2D eigenvalue weighted by molar-refractivity contribution is -0.146. The minimum Gasteiger partial charge on any atom is -0.480 e. The molecule has 0 aromatic carbocycles. The van der Waals surface area contributed by atoms with E-state index in [0.717, 1.165) is 11.0 Å². The third-order valence-corrected chi connectivity index (χ3v) is 2.02. The smallest absolute Gasteiger partial charge is 0.326 e. The third-order valence-electron chi connectivity index (χ3n) is 2.02. The Morgan fingerprint density at radius 2 is 2.15 bits per heavy atom. The minimum atomic E-state index is -1.09. The molecule has 2 N–H and O–H groups in total. The molecule has 1 saturated heterocycles. The molecule has 0 aliphatic carbocycles. The maximum atomic E-state index is 11.1. The highest BCUT2D eigenvalue weighted by atomic mass is 16.4. The van der Waals surface area contributed by atoms with E-state index in [1.807, 2.05) is 0 Å². The molecule has 0 radical (unpaired) electrons. The first-order valence-electron chi connectivity index (χ1n) is 3.90. The Kier molecular flexibility index (Phi) is 2.67. The van der Waals surface area contributed by atoms with Crippen molar-refractivity contribution in [3.05, 3.63) is 12.7 Å². The normalized spacial score (nSPS) is 27.3. The van der Waals surface area contributed by atoms with Crippen LogP contribution in [-0.2, 0) is 9.59 Å². The van der Waals surface area contributed by atoms with Gasteiger partial charge in [0.05, 0.1) is 6.10 Å². The first-order valence-corrected chi connectivity index (χ1v) is 3.90. The maximum absolute atomic E-state index is 11.1. The number of aliphatic hydroxyl groups is 1. The summed E-state index contributed by atoms with van der Waals surface area (Å²) in [6, 6.07) is -0.916. The summed E-state index contributed by atoms with van der Waals surface area (Å²) in [5.74, 6) is -1.55. The van der Waals surface area contributed by atoms with Gasteiger partial charge in [-0.25, -0.2) is 4.79 Å². The molecule has 1 heterocycles. The number of carboxylic acid groups (broad SMARTS) is 1. The molecular formula is C8H11NO4. The summed E-state index contributed by atoms with van der Waals surface area (Å²) in [6.07, 6.45) is 0.396. The number of carbonyl (C=O) groups is 2. The van der Waals surface area contributed by atoms with Crippen LogP contribution in [0, 0.1) is 0 Å². The van der Waals surface area contributed by atoms with Crippen LogP contribution in [-0.4, -0.2) is 45.7 Å². The van der Waals surface area contributed by atoms with Gasteiger partial charge < -0.3 is 15.1 Å². The maximum Gasteiger partial charge on any atom is 0.326 e. The highest BCUT2D eigenvalue weighted by Gasteiger charge is 2.37. The van der Waals surface area contributed by atoms with E-state index in [1.165, 1.54) is 0 Å². The van der Waals surface area contributed by atoms with Crippen molar-refractivity contribution in [3.8, 4) is 0 Å². The Morgan fingerprint density at radius 1 is 1.54 bits per heavy atom. The number of β-amino-alcohol motifs (C(OH)–C–C–N with tert-alkyl or cyclic N) is 1. The lowest BCUT2D eigenvalue weighted by atomic mass is 10.2. The van der Waals surface area contributed by atoms with E-state index in [4.69, 9.17) is 5.11 Å². The topological polar surface area (TPSA) is 77.8 Å². The number of carbonyl (C=O) groups excluding carboxylic acids is 1. The number of nitrogens with zero attached hydrogens (tertiary/aromatic N) is 1. The van der Waals surface area contributed by atoms with Crippen molar-refractivity contribution in [1.29, 1.82) is 0 Å². The average Bonchev–Trinajstić information content (AvgIpc) is 2.46. The number of aliphatic carboxylic acids is 1. The molecule has 1 aliphatic rings. The van der Waals surface area contributed by atoms with E-state index in [2.05, 4.69) is 6.58 Å². The SMILES string of the molecule is C=CC(=O)N1CC(O)CC1C(=O)O. The second-order valence-electron chi connectivity index (χ2n) is 2.94. The fourth-order valence-corrected chi connectivity index (χ4v) is 1.41. The molecule has 5 nitrogen and oxygen atoms in total. The minimum absolute atomic E-state index is 0.0713. The molecule has 13 heavy (non-hydrogen) atoms. The Hall–Kier alpha value is -1.36. The van der Waals surface area contributed by atoms with Gasteiger partial charge in [0, 0.05) is 13.0 Å². The fourth-order valence-electron chi connectivity index (χ4n) is 1.41. The Balaban J connectivity index is 2.77. The average molecular weight is 185 g/mol. The van der Waals surface area contributed by atoms with Crippen LogP contribution >= 0.6 is 0 Å². The Morgan fingerprint density at radius 3 is 2.62 bits per heavy atom. The lowest BCUT2D eigenvalue weighted by Crippen LogP contribution is -2.39. The van der Waals surface area contributed by atoms with Gasteiger partial charge >= 0.3 is 5.97 Å². The standard InChI is InChI=1S/C8H11NO4/c1-2-7(11)9-4-5(10)3-6(9)8(12)13/h2,5-6,10H,1,3-4H2,(H,12,13). The number of carboxylic acids is 1. The number of aliphatic hydroxyl groups excluding tert-OH is 1. The summed E-state index contributed by atoms with van der Waals surface area (Å²) in [7, 11) is 0. The molecule has 72 valence electrons. The molecule has 0 bridgehead atoms. The van der Waals surface area contributed by atoms with Gasteiger partial charge in [-0.15, -0.1) is 0 Å². The van der Waals surface area contributed by atoms with Crippen LogP contribution in [0.15, 0.2) is 12.7 Å². The molecule has 5 heteroatoms. The van der Waals surface area contributed by atoms with E-state index in [-0.39, 0.29) is 13.0 Å². The second-order valence-corrected chi connectivity index (χ2v) is 2.94. The zero-order valence-corrected chi connectivity index (χ0v) is 7.01. The molecule has 1 amide bonds.